The Morgan fingerprint density at radius 1 is 1.08 bits per heavy atom. The van der Waals surface area contributed by atoms with E-state index in [0.29, 0.717) is 12.1 Å². The number of pyridine rings is 1. The van der Waals surface area contributed by atoms with Crippen LogP contribution < -0.4 is 15.5 Å². The van der Waals surface area contributed by atoms with Gasteiger partial charge in [-0.05, 0) is 44.3 Å². The van der Waals surface area contributed by atoms with Gasteiger partial charge in [0.2, 0.25) is 0 Å². The summed E-state index contributed by atoms with van der Waals surface area (Å²) in [5.41, 5.74) is 3.36. The van der Waals surface area contributed by atoms with Crippen molar-refractivity contribution < 1.29 is 4.79 Å². The smallest absolute Gasteiger partial charge is 0.253 e. The van der Waals surface area contributed by atoms with E-state index in [4.69, 9.17) is 4.98 Å². The minimum Gasteiger partial charge on any atom is -0.378 e. The molecule has 0 aliphatic rings. The average Bonchev–Trinajstić information content (AvgIpc) is 2.62. The van der Waals surface area contributed by atoms with Gasteiger partial charge >= 0.3 is 0 Å². The largest absolute Gasteiger partial charge is 0.378 e. The molecule has 0 radical (unpaired) electrons. The van der Waals surface area contributed by atoms with Gasteiger partial charge in [0, 0.05) is 37.1 Å². The standard InChI is InChI=1S/C20H24N4O/c1-21-10-5-11-22-20(25)17-7-4-6-15-12-14-8-9-16(24(2)3)13-18(14)23-19(15)17/h4,6-9,12-13,21H,5,10-11H2,1-3H3,(H,22,25). The lowest BCUT2D eigenvalue weighted by atomic mass is 10.1. The number of benzene rings is 2. The molecule has 1 amide bonds. The first-order chi connectivity index (χ1) is 12.1. The Morgan fingerprint density at radius 3 is 2.68 bits per heavy atom. The van der Waals surface area contributed by atoms with Crippen LogP contribution in [0.1, 0.15) is 16.8 Å². The van der Waals surface area contributed by atoms with Crippen LogP contribution in [0, 0.1) is 0 Å². The Kier molecular flexibility index (Phi) is 5.14. The van der Waals surface area contributed by atoms with E-state index in [-0.39, 0.29) is 5.91 Å². The van der Waals surface area contributed by atoms with Gasteiger partial charge in [0.25, 0.3) is 5.91 Å². The zero-order valence-electron chi connectivity index (χ0n) is 15.0. The van der Waals surface area contributed by atoms with Gasteiger partial charge in [0.05, 0.1) is 16.6 Å². The zero-order valence-corrected chi connectivity index (χ0v) is 15.0. The van der Waals surface area contributed by atoms with Gasteiger partial charge < -0.3 is 15.5 Å². The highest BCUT2D eigenvalue weighted by Crippen LogP contribution is 2.25. The first kappa shape index (κ1) is 17.2. The van der Waals surface area contributed by atoms with Crippen LogP contribution >= 0.6 is 0 Å². The Labute approximate surface area is 148 Å². The second-order valence-corrected chi connectivity index (χ2v) is 6.35. The average molecular weight is 336 g/mol. The summed E-state index contributed by atoms with van der Waals surface area (Å²) in [6, 6.07) is 14.0. The van der Waals surface area contributed by atoms with Crippen LogP contribution in [0.3, 0.4) is 0 Å². The molecule has 2 N–H and O–H groups in total. The predicted molar refractivity (Wildman–Crippen MR) is 104 cm³/mol. The summed E-state index contributed by atoms with van der Waals surface area (Å²) in [7, 11) is 5.92. The molecule has 3 aromatic rings. The number of amides is 1. The highest BCUT2D eigenvalue weighted by Gasteiger charge is 2.12. The van der Waals surface area contributed by atoms with E-state index in [0.717, 1.165) is 40.5 Å². The molecule has 0 saturated carbocycles. The lowest BCUT2D eigenvalue weighted by Gasteiger charge is -2.13. The fourth-order valence-electron chi connectivity index (χ4n) is 2.87. The number of fused-ring (bicyclic) bond motifs is 2. The van der Waals surface area contributed by atoms with Crippen LogP contribution in [0.4, 0.5) is 5.69 Å². The molecule has 3 rings (SSSR count). The maximum atomic E-state index is 12.6. The molecule has 5 nitrogen and oxygen atoms in total. The molecular weight excluding hydrogens is 312 g/mol. The molecule has 2 aromatic carbocycles. The van der Waals surface area contributed by atoms with Crippen LogP contribution in [-0.4, -0.2) is 45.1 Å². The van der Waals surface area contributed by atoms with Crippen molar-refractivity contribution in [1.29, 1.82) is 0 Å². The third-order valence-corrected chi connectivity index (χ3v) is 4.27. The molecule has 0 atom stereocenters. The van der Waals surface area contributed by atoms with Gasteiger partial charge in [-0.3, -0.25) is 4.79 Å². The van der Waals surface area contributed by atoms with E-state index < -0.39 is 0 Å². The van der Waals surface area contributed by atoms with Gasteiger partial charge in [-0.15, -0.1) is 0 Å². The third-order valence-electron chi connectivity index (χ3n) is 4.27. The number of aromatic nitrogens is 1. The quantitative estimate of drug-likeness (QED) is 0.537. The van der Waals surface area contributed by atoms with Gasteiger partial charge in [0.1, 0.15) is 0 Å². The summed E-state index contributed by atoms with van der Waals surface area (Å²) in [4.78, 5) is 19.4. The molecule has 0 saturated heterocycles. The number of nitrogens with zero attached hydrogens (tertiary/aromatic N) is 2. The minimum atomic E-state index is -0.0719. The summed E-state index contributed by atoms with van der Waals surface area (Å²) in [5, 5.41) is 8.11. The number of carbonyl (C=O) groups is 1. The lowest BCUT2D eigenvalue weighted by molar-refractivity contribution is 0.0955. The molecule has 0 aliphatic carbocycles. The van der Waals surface area contributed by atoms with E-state index >= 15 is 0 Å². The molecule has 5 heteroatoms. The molecule has 0 spiro atoms. The van der Waals surface area contributed by atoms with E-state index in [1.165, 1.54) is 0 Å². The lowest BCUT2D eigenvalue weighted by Crippen LogP contribution is -2.26. The summed E-state index contributed by atoms with van der Waals surface area (Å²) in [6.45, 7) is 1.53. The Bertz CT molecular complexity index is 905. The van der Waals surface area contributed by atoms with E-state index in [1.807, 2.05) is 44.2 Å². The number of carbonyl (C=O) groups excluding carboxylic acids is 1. The molecule has 0 fully saturated rings. The normalized spacial score (nSPS) is 11.0. The first-order valence-electron chi connectivity index (χ1n) is 8.54. The van der Waals surface area contributed by atoms with Crippen molar-refractivity contribution in [3.8, 4) is 0 Å². The Balaban J connectivity index is 1.99. The zero-order chi connectivity index (χ0) is 17.8. The molecule has 0 aliphatic heterocycles. The van der Waals surface area contributed by atoms with Gasteiger partial charge in [-0.1, -0.05) is 18.2 Å². The summed E-state index contributed by atoms with van der Waals surface area (Å²) >= 11 is 0. The topological polar surface area (TPSA) is 57.3 Å². The number of hydrogen-bond acceptors (Lipinski definition) is 4. The van der Waals surface area contributed by atoms with Crippen molar-refractivity contribution >= 4 is 33.4 Å². The number of rotatable bonds is 6. The fraction of sp³-hybridized carbons (Fsp3) is 0.300. The fourth-order valence-corrected chi connectivity index (χ4v) is 2.87. The van der Waals surface area contributed by atoms with Crippen molar-refractivity contribution in [2.45, 2.75) is 6.42 Å². The number of anilines is 1. The molecule has 25 heavy (non-hydrogen) atoms. The highest BCUT2D eigenvalue weighted by molar-refractivity contribution is 6.07. The van der Waals surface area contributed by atoms with Crippen LogP contribution in [0.15, 0.2) is 42.5 Å². The van der Waals surface area contributed by atoms with Crippen LogP contribution in [0.5, 0.6) is 0 Å². The van der Waals surface area contributed by atoms with Crippen LogP contribution in [-0.2, 0) is 0 Å². The summed E-state index contributed by atoms with van der Waals surface area (Å²) < 4.78 is 0. The number of hydrogen-bond donors (Lipinski definition) is 2. The van der Waals surface area contributed by atoms with Crippen molar-refractivity contribution in [1.82, 2.24) is 15.6 Å². The Hall–Kier alpha value is -2.66. The molecule has 1 heterocycles. The molecule has 130 valence electrons. The second-order valence-electron chi connectivity index (χ2n) is 6.35. The maximum absolute atomic E-state index is 12.6. The van der Waals surface area contributed by atoms with E-state index in [1.54, 1.807) is 0 Å². The van der Waals surface area contributed by atoms with Crippen molar-refractivity contribution in [2.75, 3.05) is 39.1 Å². The van der Waals surface area contributed by atoms with E-state index in [2.05, 4.69) is 34.9 Å². The monoisotopic (exact) mass is 336 g/mol. The minimum absolute atomic E-state index is 0.0719. The predicted octanol–water partition coefficient (Wildman–Crippen LogP) is 2.79. The maximum Gasteiger partial charge on any atom is 0.253 e. The van der Waals surface area contributed by atoms with Crippen LogP contribution in [0.25, 0.3) is 21.8 Å². The SMILES string of the molecule is CNCCCNC(=O)c1cccc2cc3ccc(N(C)C)cc3nc12. The van der Waals surface area contributed by atoms with Gasteiger partial charge in [-0.25, -0.2) is 4.98 Å². The van der Waals surface area contributed by atoms with E-state index in [9.17, 15) is 4.79 Å². The van der Waals surface area contributed by atoms with Crippen molar-refractivity contribution in [3.05, 3.63) is 48.0 Å². The van der Waals surface area contributed by atoms with Crippen molar-refractivity contribution in [3.63, 3.8) is 0 Å². The van der Waals surface area contributed by atoms with Crippen molar-refractivity contribution in [2.24, 2.45) is 0 Å². The third kappa shape index (κ3) is 3.72. The highest BCUT2D eigenvalue weighted by atomic mass is 16.1. The number of para-hydroxylation sites is 1. The summed E-state index contributed by atoms with van der Waals surface area (Å²) in [5.74, 6) is -0.0719. The summed E-state index contributed by atoms with van der Waals surface area (Å²) in [6.07, 6.45) is 0.898. The van der Waals surface area contributed by atoms with Gasteiger partial charge in [0.15, 0.2) is 0 Å². The number of nitrogens with one attached hydrogen (secondary N) is 2. The molecular formula is C20H24N4O. The second kappa shape index (κ2) is 7.49. The molecule has 0 unspecified atom stereocenters. The van der Waals surface area contributed by atoms with Crippen LogP contribution in [0.2, 0.25) is 0 Å². The van der Waals surface area contributed by atoms with Gasteiger partial charge in [-0.2, -0.15) is 0 Å². The Morgan fingerprint density at radius 2 is 1.92 bits per heavy atom. The first-order valence-corrected chi connectivity index (χ1v) is 8.54. The molecule has 0 bridgehead atoms. The molecule has 1 aromatic heterocycles.